The van der Waals surface area contributed by atoms with Crippen LogP contribution in [-0.2, 0) is 17.9 Å². The Labute approximate surface area is 240 Å². The molecule has 1 atom stereocenters. The molecule has 3 aromatic carbocycles. The van der Waals surface area contributed by atoms with E-state index in [4.69, 9.17) is 18.9 Å². The standard InChI is InChI=1S/C29H30N2O9S/c1-36-23-10-7-17(12-18(23)15-40-31(34)35)29(33)30-21-9-6-16-13-24(37-2)27(38-3)28(39-4)26(16)19-8-11-25(41-5)22(32)14-20(19)21/h7-8,10-14,21H,6,9,15H2,1-5H3,(H,30,33)/t21-/m0/s1. The van der Waals surface area contributed by atoms with Gasteiger partial charge in [-0.25, -0.2) is 0 Å². The van der Waals surface area contributed by atoms with E-state index in [-0.39, 0.29) is 17.6 Å². The Kier molecular flexibility index (Phi) is 9.23. The van der Waals surface area contributed by atoms with Crippen molar-refractivity contribution in [3.05, 3.63) is 85.1 Å². The first kappa shape index (κ1) is 29.5. The van der Waals surface area contributed by atoms with Crippen LogP contribution in [0.5, 0.6) is 23.0 Å². The monoisotopic (exact) mass is 582 g/mol. The highest BCUT2D eigenvalue weighted by Crippen LogP contribution is 2.50. The summed E-state index contributed by atoms with van der Waals surface area (Å²) in [4.78, 5) is 42.5. The number of amides is 1. The van der Waals surface area contributed by atoms with Crippen LogP contribution in [0, 0.1) is 10.1 Å². The number of rotatable bonds is 10. The second kappa shape index (κ2) is 12.8. The van der Waals surface area contributed by atoms with Crippen molar-refractivity contribution in [1.82, 2.24) is 5.32 Å². The van der Waals surface area contributed by atoms with Gasteiger partial charge in [0.05, 0.1) is 39.4 Å². The summed E-state index contributed by atoms with van der Waals surface area (Å²) >= 11 is 1.33. The van der Waals surface area contributed by atoms with E-state index in [0.717, 1.165) is 11.1 Å². The second-order valence-electron chi connectivity index (χ2n) is 9.05. The minimum absolute atomic E-state index is 0.176. The Morgan fingerprint density at radius 1 is 1.00 bits per heavy atom. The van der Waals surface area contributed by atoms with E-state index < -0.39 is 17.0 Å². The van der Waals surface area contributed by atoms with Gasteiger partial charge in [0.15, 0.2) is 16.9 Å². The molecule has 12 heteroatoms. The number of ether oxygens (including phenoxy) is 4. The first-order chi connectivity index (χ1) is 19.8. The number of nitrogens with one attached hydrogen (secondary N) is 1. The molecule has 1 N–H and O–H groups in total. The molecule has 41 heavy (non-hydrogen) atoms. The molecular formula is C29H30N2O9S. The summed E-state index contributed by atoms with van der Waals surface area (Å²) in [5.41, 5.74) is 3.42. The maximum absolute atomic E-state index is 13.5. The Bertz CT molecular complexity index is 1540. The molecule has 11 nitrogen and oxygen atoms in total. The topological polar surface area (TPSA) is 135 Å². The lowest BCUT2D eigenvalue weighted by atomic mass is 9.95. The molecule has 0 unspecified atom stereocenters. The largest absolute Gasteiger partial charge is 0.496 e. The summed E-state index contributed by atoms with van der Waals surface area (Å²) in [5, 5.41) is 12.9. The van der Waals surface area contributed by atoms with E-state index in [9.17, 15) is 19.7 Å². The number of nitrogens with zero attached hydrogens (tertiary/aromatic N) is 1. The van der Waals surface area contributed by atoms with Gasteiger partial charge in [0, 0.05) is 16.7 Å². The van der Waals surface area contributed by atoms with Gasteiger partial charge in [-0.1, -0.05) is 6.07 Å². The minimum Gasteiger partial charge on any atom is -0.496 e. The first-order valence-corrected chi connectivity index (χ1v) is 13.8. The second-order valence-corrected chi connectivity index (χ2v) is 9.90. The van der Waals surface area contributed by atoms with Crippen LogP contribution in [0.3, 0.4) is 0 Å². The van der Waals surface area contributed by atoms with Gasteiger partial charge < -0.3 is 29.1 Å². The highest BCUT2D eigenvalue weighted by molar-refractivity contribution is 7.98. The Morgan fingerprint density at radius 2 is 1.73 bits per heavy atom. The molecule has 0 fully saturated rings. The minimum atomic E-state index is -0.909. The molecule has 0 radical (unpaired) electrons. The summed E-state index contributed by atoms with van der Waals surface area (Å²) in [5.74, 6) is 1.31. The van der Waals surface area contributed by atoms with Gasteiger partial charge in [-0.15, -0.1) is 21.9 Å². The van der Waals surface area contributed by atoms with Crippen LogP contribution >= 0.6 is 11.8 Å². The number of carbonyl (C=O) groups is 1. The first-order valence-electron chi connectivity index (χ1n) is 12.6. The average Bonchev–Trinajstić information content (AvgIpc) is 3.22. The lowest BCUT2D eigenvalue weighted by Crippen LogP contribution is -2.29. The lowest BCUT2D eigenvalue weighted by Gasteiger charge is -2.20. The smallest absolute Gasteiger partial charge is 0.294 e. The Hall–Kier alpha value is -4.45. The van der Waals surface area contributed by atoms with E-state index in [2.05, 4.69) is 10.2 Å². The molecule has 0 saturated carbocycles. The van der Waals surface area contributed by atoms with E-state index in [1.807, 2.05) is 18.4 Å². The van der Waals surface area contributed by atoms with Crippen LogP contribution in [-0.4, -0.2) is 45.7 Å². The molecule has 0 saturated heterocycles. The summed E-state index contributed by atoms with van der Waals surface area (Å²) < 4.78 is 22.3. The van der Waals surface area contributed by atoms with Crippen LogP contribution in [0.25, 0.3) is 11.1 Å². The molecule has 0 bridgehead atoms. The molecule has 0 aromatic heterocycles. The number of thioether (sulfide) groups is 1. The van der Waals surface area contributed by atoms with E-state index >= 15 is 0 Å². The Balaban J connectivity index is 1.83. The third kappa shape index (κ3) is 6.02. The zero-order chi connectivity index (χ0) is 29.7. The zero-order valence-electron chi connectivity index (χ0n) is 23.3. The van der Waals surface area contributed by atoms with Crippen molar-refractivity contribution in [3.8, 4) is 34.1 Å². The van der Waals surface area contributed by atoms with Gasteiger partial charge in [-0.3, -0.25) is 9.59 Å². The highest BCUT2D eigenvalue weighted by atomic mass is 32.2. The van der Waals surface area contributed by atoms with Crippen LogP contribution in [0.15, 0.2) is 52.2 Å². The van der Waals surface area contributed by atoms with Crippen LogP contribution in [0.2, 0.25) is 0 Å². The molecule has 0 heterocycles. The molecule has 1 amide bonds. The number of hydrogen-bond donors (Lipinski definition) is 1. The van der Waals surface area contributed by atoms with Crippen molar-refractivity contribution < 1.29 is 33.7 Å². The molecule has 216 valence electrons. The third-order valence-electron chi connectivity index (χ3n) is 6.89. The van der Waals surface area contributed by atoms with Crippen molar-refractivity contribution in [2.75, 3.05) is 34.7 Å². The maximum atomic E-state index is 13.5. The zero-order valence-corrected chi connectivity index (χ0v) is 24.1. The molecule has 0 aliphatic heterocycles. The van der Waals surface area contributed by atoms with Gasteiger partial charge in [0.2, 0.25) is 5.75 Å². The van der Waals surface area contributed by atoms with Gasteiger partial charge in [-0.05, 0) is 72.2 Å². The van der Waals surface area contributed by atoms with Crippen molar-refractivity contribution in [1.29, 1.82) is 0 Å². The van der Waals surface area contributed by atoms with Gasteiger partial charge >= 0.3 is 0 Å². The number of methoxy groups -OCH3 is 4. The normalized spacial score (nSPS) is 13.6. The van der Waals surface area contributed by atoms with Crippen molar-refractivity contribution in [2.45, 2.75) is 30.4 Å². The van der Waals surface area contributed by atoms with Crippen LogP contribution < -0.4 is 29.7 Å². The lowest BCUT2D eigenvalue weighted by molar-refractivity contribution is -0.763. The van der Waals surface area contributed by atoms with Crippen molar-refractivity contribution in [2.24, 2.45) is 0 Å². The summed E-state index contributed by atoms with van der Waals surface area (Å²) in [6.45, 7) is -0.380. The third-order valence-corrected chi connectivity index (χ3v) is 7.67. The predicted octanol–water partition coefficient (Wildman–Crippen LogP) is 4.60. The van der Waals surface area contributed by atoms with Crippen molar-refractivity contribution in [3.63, 3.8) is 0 Å². The van der Waals surface area contributed by atoms with E-state index in [0.29, 0.717) is 57.4 Å². The molecular weight excluding hydrogens is 552 g/mol. The number of aryl methyl sites for hydroxylation is 1. The highest BCUT2D eigenvalue weighted by Gasteiger charge is 2.30. The van der Waals surface area contributed by atoms with Gasteiger partial charge in [-0.2, -0.15) is 0 Å². The molecule has 4 rings (SSSR count). The number of fused-ring (bicyclic) bond motifs is 3. The van der Waals surface area contributed by atoms with E-state index in [1.54, 1.807) is 38.5 Å². The van der Waals surface area contributed by atoms with Crippen molar-refractivity contribution >= 4 is 17.7 Å². The molecule has 1 aliphatic rings. The SMILES string of the molecule is COc1ccc(C(=O)N[C@H]2CCc3cc(OC)c(OC)c(OC)c3-c3ccc(SC)c(=O)cc32)cc1CO[N+](=O)[O-]. The maximum Gasteiger partial charge on any atom is 0.294 e. The summed E-state index contributed by atoms with van der Waals surface area (Å²) in [6, 6.07) is 11.1. The predicted molar refractivity (Wildman–Crippen MR) is 153 cm³/mol. The summed E-state index contributed by atoms with van der Waals surface area (Å²) in [7, 11) is 6.04. The fourth-order valence-electron chi connectivity index (χ4n) is 5.01. The molecule has 3 aromatic rings. The fraction of sp³-hybridized carbons (Fsp3) is 0.310. The van der Waals surface area contributed by atoms with Crippen LogP contribution in [0.1, 0.15) is 39.5 Å². The van der Waals surface area contributed by atoms with Gasteiger partial charge in [0.1, 0.15) is 12.4 Å². The molecule has 0 spiro atoms. The Morgan fingerprint density at radius 3 is 2.37 bits per heavy atom. The van der Waals surface area contributed by atoms with Gasteiger partial charge in [0.25, 0.3) is 11.0 Å². The number of hydrogen-bond acceptors (Lipinski definition) is 10. The quantitative estimate of drug-likeness (QED) is 0.205. The number of benzene rings is 2. The summed E-state index contributed by atoms with van der Waals surface area (Å²) in [6.07, 6.45) is 2.83. The fourth-order valence-corrected chi connectivity index (χ4v) is 5.48. The average molecular weight is 583 g/mol. The number of carbonyl (C=O) groups excluding carboxylic acids is 1. The molecule has 1 aliphatic carbocycles. The van der Waals surface area contributed by atoms with Crippen LogP contribution in [0.4, 0.5) is 0 Å². The van der Waals surface area contributed by atoms with E-state index in [1.165, 1.54) is 32.0 Å².